The Morgan fingerprint density at radius 3 is 0.811 bits per heavy atom. The summed E-state index contributed by atoms with van der Waals surface area (Å²) in [6, 6.07) is 0. The van der Waals surface area contributed by atoms with E-state index in [0.717, 1.165) is 32.1 Å². The average Bonchev–Trinajstić information content (AvgIpc) is 2.84. The number of unbranched alkanes of at least 4 members (excludes halogenated alkanes) is 22. The van der Waals surface area contributed by atoms with Crippen LogP contribution < -0.4 is 0 Å². The Balaban J connectivity index is 3.20. The quantitative estimate of drug-likeness (QED) is 0.0872. The molecule has 220 valence electrons. The third kappa shape index (κ3) is 31.0. The Morgan fingerprint density at radius 1 is 0.351 bits per heavy atom. The smallest absolute Gasteiger partial charge is 0.303 e. The summed E-state index contributed by atoms with van der Waals surface area (Å²) < 4.78 is 23.9. The minimum atomic E-state index is -3.01. The van der Waals surface area contributed by atoms with Gasteiger partial charge in [-0.25, -0.2) is 8.42 Å². The van der Waals surface area contributed by atoms with E-state index in [1.807, 2.05) is 0 Å². The van der Waals surface area contributed by atoms with Crippen LogP contribution in [-0.2, 0) is 19.4 Å². The Morgan fingerprint density at radius 2 is 0.541 bits per heavy atom. The molecule has 0 aromatic heterocycles. The fraction of sp³-hybridized carbons (Fsp3) is 0.933. The van der Waals surface area contributed by atoms with Crippen molar-refractivity contribution in [3.63, 3.8) is 0 Å². The van der Waals surface area contributed by atoms with E-state index < -0.39 is 21.8 Å². The van der Waals surface area contributed by atoms with Crippen LogP contribution in [0.4, 0.5) is 0 Å². The highest BCUT2D eigenvalue weighted by molar-refractivity contribution is 7.91. The van der Waals surface area contributed by atoms with Gasteiger partial charge in [0.25, 0.3) is 0 Å². The van der Waals surface area contributed by atoms with E-state index in [4.69, 9.17) is 10.2 Å². The van der Waals surface area contributed by atoms with Gasteiger partial charge in [0, 0.05) is 12.8 Å². The Bertz CT molecular complexity index is 632. The van der Waals surface area contributed by atoms with Crippen molar-refractivity contribution >= 4 is 21.8 Å². The van der Waals surface area contributed by atoms with Crippen molar-refractivity contribution < 1.29 is 28.2 Å². The van der Waals surface area contributed by atoms with Gasteiger partial charge in [-0.1, -0.05) is 128 Å². The highest BCUT2D eigenvalue weighted by Gasteiger charge is 2.10. The highest BCUT2D eigenvalue weighted by atomic mass is 32.2. The van der Waals surface area contributed by atoms with E-state index in [-0.39, 0.29) is 17.9 Å². The number of sulfone groups is 1. The summed E-state index contributed by atoms with van der Waals surface area (Å²) in [6.07, 6.45) is 28.4. The molecule has 0 bridgehead atoms. The highest BCUT2D eigenvalue weighted by Crippen LogP contribution is 2.15. The first-order chi connectivity index (χ1) is 17.8. The third-order valence-corrected chi connectivity index (χ3v) is 9.01. The molecule has 0 spiro atoms. The monoisotopic (exact) mass is 546 g/mol. The van der Waals surface area contributed by atoms with E-state index in [1.54, 1.807) is 0 Å². The summed E-state index contributed by atoms with van der Waals surface area (Å²) in [5.74, 6) is -1.15. The lowest BCUT2D eigenvalue weighted by Crippen LogP contribution is -2.11. The summed E-state index contributed by atoms with van der Waals surface area (Å²) >= 11 is 0. The van der Waals surface area contributed by atoms with Crippen LogP contribution in [0.1, 0.15) is 167 Å². The third-order valence-electron chi connectivity index (χ3n) is 7.19. The number of hydrogen-bond donors (Lipinski definition) is 2. The molecular weight excluding hydrogens is 488 g/mol. The first-order valence-electron chi connectivity index (χ1n) is 15.5. The van der Waals surface area contributed by atoms with Crippen LogP contribution >= 0.6 is 0 Å². The fourth-order valence-corrected chi connectivity index (χ4v) is 6.33. The summed E-state index contributed by atoms with van der Waals surface area (Å²) in [6.45, 7) is 0. The van der Waals surface area contributed by atoms with E-state index in [1.165, 1.54) is 109 Å². The molecule has 0 aromatic rings. The lowest BCUT2D eigenvalue weighted by atomic mass is 10.0. The zero-order valence-electron chi connectivity index (χ0n) is 23.7. The molecule has 0 fully saturated rings. The molecule has 0 heterocycles. The zero-order chi connectivity index (χ0) is 27.5. The molecule has 0 saturated heterocycles. The lowest BCUT2D eigenvalue weighted by Gasteiger charge is -2.05. The maximum atomic E-state index is 11.9. The van der Waals surface area contributed by atoms with Gasteiger partial charge in [-0.3, -0.25) is 9.59 Å². The lowest BCUT2D eigenvalue weighted by molar-refractivity contribution is -0.138. The Kier molecular flexibility index (Phi) is 25.7. The molecule has 0 aromatic carbocycles. The summed E-state index contributed by atoms with van der Waals surface area (Å²) in [4.78, 5) is 20.9. The van der Waals surface area contributed by atoms with E-state index >= 15 is 0 Å². The molecule has 2 N–H and O–H groups in total. The number of carboxylic acids is 2. The van der Waals surface area contributed by atoms with Crippen molar-refractivity contribution in [3.05, 3.63) is 0 Å². The average molecular weight is 547 g/mol. The van der Waals surface area contributed by atoms with Gasteiger partial charge >= 0.3 is 11.9 Å². The molecule has 0 atom stereocenters. The molecule has 0 aliphatic heterocycles. The molecule has 7 heteroatoms. The standard InChI is InChI=1S/C30H58O6S/c31-29(32)25-21-19-17-15-13-11-9-7-5-3-1-2-4-6-8-10-12-14-16-18-20-23-27-37(35,36)28-24-22-26-30(33)34/h1-28H2,(H,31,32)(H,33,34). The molecule has 6 nitrogen and oxygen atoms in total. The van der Waals surface area contributed by atoms with E-state index in [2.05, 4.69) is 0 Å². The van der Waals surface area contributed by atoms with E-state index in [9.17, 15) is 18.0 Å². The van der Waals surface area contributed by atoms with Crippen LogP contribution in [0.25, 0.3) is 0 Å². The summed E-state index contributed by atoms with van der Waals surface area (Å²) in [5, 5.41) is 17.2. The van der Waals surface area contributed by atoms with E-state index in [0.29, 0.717) is 19.3 Å². The number of aliphatic carboxylic acids is 2. The maximum absolute atomic E-state index is 11.9. The van der Waals surface area contributed by atoms with Gasteiger partial charge in [-0.05, 0) is 25.7 Å². The molecule has 37 heavy (non-hydrogen) atoms. The van der Waals surface area contributed by atoms with Crippen molar-refractivity contribution in [2.45, 2.75) is 167 Å². The topological polar surface area (TPSA) is 109 Å². The number of rotatable bonds is 30. The van der Waals surface area contributed by atoms with Crippen LogP contribution in [0.5, 0.6) is 0 Å². The van der Waals surface area contributed by atoms with Crippen LogP contribution in [0.15, 0.2) is 0 Å². The normalized spacial score (nSPS) is 11.7. The van der Waals surface area contributed by atoms with Gasteiger partial charge < -0.3 is 10.2 Å². The van der Waals surface area contributed by atoms with Crippen molar-refractivity contribution in [2.24, 2.45) is 0 Å². The van der Waals surface area contributed by atoms with Crippen molar-refractivity contribution in [2.75, 3.05) is 11.5 Å². The fourth-order valence-electron chi connectivity index (χ4n) is 4.83. The Labute approximate surface area is 228 Å². The number of carbonyl (C=O) groups is 2. The van der Waals surface area contributed by atoms with Crippen LogP contribution in [0.3, 0.4) is 0 Å². The van der Waals surface area contributed by atoms with Crippen LogP contribution in [0.2, 0.25) is 0 Å². The van der Waals surface area contributed by atoms with Gasteiger partial charge in [-0.15, -0.1) is 0 Å². The van der Waals surface area contributed by atoms with Gasteiger partial charge in [0.05, 0.1) is 11.5 Å². The predicted molar refractivity (Wildman–Crippen MR) is 154 cm³/mol. The zero-order valence-corrected chi connectivity index (χ0v) is 24.6. The summed E-state index contributed by atoms with van der Waals surface area (Å²) in [7, 11) is -3.01. The van der Waals surface area contributed by atoms with Crippen molar-refractivity contribution in [3.8, 4) is 0 Å². The molecule has 0 aliphatic carbocycles. The molecular formula is C30H58O6S. The molecule has 0 rings (SSSR count). The number of hydrogen-bond acceptors (Lipinski definition) is 4. The van der Waals surface area contributed by atoms with Gasteiger partial charge in [0.1, 0.15) is 9.84 Å². The largest absolute Gasteiger partial charge is 0.481 e. The Hall–Kier alpha value is -1.11. The summed E-state index contributed by atoms with van der Waals surface area (Å²) in [5.41, 5.74) is 0. The predicted octanol–water partition coefficient (Wildman–Crippen LogP) is 8.71. The molecule has 0 unspecified atom stereocenters. The SMILES string of the molecule is O=C(O)CCCCCCCCCCCCCCCCCCCCCCCCS(=O)(=O)CCCCC(=O)O. The van der Waals surface area contributed by atoms with Crippen molar-refractivity contribution in [1.29, 1.82) is 0 Å². The first-order valence-corrected chi connectivity index (χ1v) is 17.3. The van der Waals surface area contributed by atoms with Gasteiger partial charge in [0.2, 0.25) is 0 Å². The molecule has 0 aliphatic rings. The van der Waals surface area contributed by atoms with Gasteiger partial charge in [0.15, 0.2) is 0 Å². The number of carboxylic acid groups (broad SMARTS) is 2. The second kappa shape index (κ2) is 26.5. The molecule has 0 saturated carbocycles. The second-order valence-corrected chi connectivity index (χ2v) is 13.2. The maximum Gasteiger partial charge on any atom is 0.303 e. The minimum absolute atomic E-state index is 0.0544. The molecule has 0 radical (unpaired) electrons. The van der Waals surface area contributed by atoms with Crippen molar-refractivity contribution in [1.82, 2.24) is 0 Å². The second-order valence-electron chi connectivity index (χ2n) is 10.9. The molecule has 0 amide bonds. The van der Waals surface area contributed by atoms with Crippen LogP contribution in [0, 0.1) is 0 Å². The van der Waals surface area contributed by atoms with Crippen LogP contribution in [-0.4, -0.2) is 42.1 Å². The first kappa shape index (κ1) is 35.9. The van der Waals surface area contributed by atoms with Gasteiger partial charge in [-0.2, -0.15) is 0 Å². The minimum Gasteiger partial charge on any atom is -0.481 e.